The fourth-order valence-corrected chi connectivity index (χ4v) is 2.90. The minimum Gasteiger partial charge on any atom is -0.465 e. The number of thioether (sulfide) groups is 1. The van der Waals surface area contributed by atoms with Crippen LogP contribution in [0.2, 0.25) is 0 Å². The van der Waals surface area contributed by atoms with Gasteiger partial charge in [0.25, 0.3) is 5.91 Å². The maximum Gasteiger partial charge on any atom is 0.341 e. The van der Waals surface area contributed by atoms with Crippen LogP contribution in [0.3, 0.4) is 0 Å². The number of amides is 1. The van der Waals surface area contributed by atoms with Crippen LogP contribution in [0, 0.1) is 6.92 Å². The molecule has 0 atom stereocenters. The minimum absolute atomic E-state index is 0.262. The lowest BCUT2D eigenvalue weighted by atomic mass is 10.2. The number of amidine groups is 1. The van der Waals surface area contributed by atoms with Gasteiger partial charge in [-0.1, -0.05) is 12.1 Å². The molecule has 1 amide bonds. The van der Waals surface area contributed by atoms with Gasteiger partial charge < -0.3 is 14.5 Å². The third kappa shape index (κ3) is 3.57. The number of methoxy groups -OCH3 is 1. The molecule has 1 aliphatic rings. The Balaban J connectivity index is 1.79. The molecule has 3 rings (SSSR count). The number of hydrogen-bond donors (Lipinski definition) is 1. The molecule has 122 valence electrons. The molecule has 1 aromatic heterocycles. The van der Waals surface area contributed by atoms with Gasteiger partial charge in [0.1, 0.15) is 12.0 Å². The Hall–Kier alpha value is -2.80. The maximum atomic E-state index is 12.0. The Kier molecular flexibility index (Phi) is 4.52. The van der Waals surface area contributed by atoms with Gasteiger partial charge in [-0.3, -0.25) is 4.79 Å². The number of furan rings is 1. The van der Waals surface area contributed by atoms with Crippen LogP contribution in [0.5, 0.6) is 0 Å². The molecule has 1 fully saturated rings. The molecular formula is C17H14N2O4S. The summed E-state index contributed by atoms with van der Waals surface area (Å²) >= 11 is 1.21. The van der Waals surface area contributed by atoms with E-state index in [4.69, 9.17) is 4.42 Å². The van der Waals surface area contributed by atoms with Gasteiger partial charge in [0, 0.05) is 6.08 Å². The van der Waals surface area contributed by atoms with E-state index in [-0.39, 0.29) is 5.91 Å². The fourth-order valence-electron chi connectivity index (χ4n) is 2.08. The highest BCUT2D eigenvalue weighted by molar-refractivity contribution is 8.18. The van der Waals surface area contributed by atoms with Gasteiger partial charge in [-0.05, 0) is 42.4 Å². The second-order valence-electron chi connectivity index (χ2n) is 5.05. The SMILES string of the molecule is COC(=O)c1coc(C=C2SC(=Nc3cccc(C)c3)NC2=O)c1. The smallest absolute Gasteiger partial charge is 0.341 e. The highest BCUT2D eigenvalue weighted by Crippen LogP contribution is 2.28. The van der Waals surface area contributed by atoms with Gasteiger partial charge in [-0.2, -0.15) is 0 Å². The molecule has 2 aromatic rings. The van der Waals surface area contributed by atoms with E-state index in [1.54, 1.807) is 6.08 Å². The molecule has 0 bridgehead atoms. The maximum absolute atomic E-state index is 12.0. The summed E-state index contributed by atoms with van der Waals surface area (Å²) in [6.07, 6.45) is 2.85. The third-order valence-corrected chi connectivity index (χ3v) is 4.11. The second-order valence-corrected chi connectivity index (χ2v) is 6.08. The Morgan fingerprint density at radius 2 is 2.21 bits per heavy atom. The predicted octanol–water partition coefficient (Wildman–Crippen LogP) is 3.27. The molecule has 2 heterocycles. The average molecular weight is 342 g/mol. The number of aryl methyl sites for hydroxylation is 1. The van der Waals surface area contributed by atoms with Crippen LogP contribution in [-0.2, 0) is 9.53 Å². The van der Waals surface area contributed by atoms with Crippen LogP contribution in [-0.4, -0.2) is 24.2 Å². The van der Waals surface area contributed by atoms with Crippen molar-refractivity contribution in [3.05, 3.63) is 58.4 Å². The summed E-state index contributed by atoms with van der Waals surface area (Å²) in [6, 6.07) is 9.19. The molecule has 0 spiro atoms. The summed E-state index contributed by atoms with van der Waals surface area (Å²) in [5.74, 6) is -0.360. The molecule has 0 radical (unpaired) electrons. The number of nitrogens with one attached hydrogen (secondary N) is 1. The largest absolute Gasteiger partial charge is 0.465 e. The molecule has 24 heavy (non-hydrogen) atoms. The second kappa shape index (κ2) is 6.76. The first-order chi connectivity index (χ1) is 11.5. The quantitative estimate of drug-likeness (QED) is 0.684. The van der Waals surface area contributed by atoms with Gasteiger partial charge in [0.2, 0.25) is 0 Å². The van der Waals surface area contributed by atoms with Crippen LogP contribution in [0.15, 0.2) is 50.9 Å². The molecule has 1 aliphatic heterocycles. The standard InChI is InChI=1S/C17H14N2O4S/c1-10-4-3-5-12(6-10)18-17-19-15(20)14(24-17)8-13-7-11(9-23-13)16(21)22-2/h3-9H,1-2H3,(H,18,19,20). The summed E-state index contributed by atoms with van der Waals surface area (Å²) in [7, 11) is 1.29. The number of carbonyl (C=O) groups is 2. The number of ether oxygens (including phenoxy) is 1. The number of nitrogens with zero attached hydrogens (tertiary/aromatic N) is 1. The van der Waals surface area contributed by atoms with Crippen molar-refractivity contribution in [1.82, 2.24) is 5.32 Å². The zero-order chi connectivity index (χ0) is 17.1. The number of rotatable bonds is 3. The first-order valence-corrected chi connectivity index (χ1v) is 7.90. The zero-order valence-electron chi connectivity index (χ0n) is 13.0. The monoisotopic (exact) mass is 342 g/mol. The van der Waals surface area contributed by atoms with Crippen molar-refractivity contribution in [2.45, 2.75) is 6.92 Å². The molecule has 0 unspecified atom stereocenters. The number of hydrogen-bond acceptors (Lipinski definition) is 6. The molecule has 1 aromatic carbocycles. The highest BCUT2D eigenvalue weighted by Gasteiger charge is 2.24. The van der Waals surface area contributed by atoms with Crippen molar-refractivity contribution in [3.8, 4) is 0 Å². The molecule has 0 saturated carbocycles. The first-order valence-electron chi connectivity index (χ1n) is 7.08. The summed E-state index contributed by atoms with van der Waals surface area (Å²) in [5, 5.41) is 3.20. The van der Waals surface area contributed by atoms with Crippen molar-refractivity contribution in [2.24, 2.45) is 4.99 Å². The van der Waals surface area contributed by atoms with E-state index in [0.29, 0.717) is 21.4 Å². The number of benzene rings is 1. The topological polar surface area (TPSA) is 80.9 Å². The van der Waals surface area contributed by atoms with Gasteiger partial charge in [-0.15, -0.1) is 0 Å². The van der Waals surface area contributed by atoms with Gasteiger partial charge in [-0.25, -0.2) is 9.79 Å². The molecule has 0 aliphatic carbocycles. The zero-order valence-corrected chi connectivity index (χ0v) is 13.8. The van der Waals surface area contributed by atoms with Crippen LogP contribution >= 0.6 is 11.8 Å². The summed E-state index contributed by atoms with van der Waals surface area (Å²) in [4.78, 5) is 28.3. The Bertz CT molecular complexity index is 867. The van der Waals surface area contributed by atoms with Crippen molar-refractivity contribution in [2.75, 3.05) is 7.11 Å². The van der Waals surface area contributed by atoms with E-state index in [1.165, 1.54) is 31.2 Å². The molecule has 1 saturated heterocycles. The predicted molar refractivity (Wildman–Crippen MR) is 92.0 cm³/mol. The molecule has 1 N–H and O–H groups in total. The van der Waals surface area contributed by atoms with E-state index in [1.807, 2.05) is 31.2 Å². The van der Waals surface area contributed by atoms with E-state index >= 15 is 0 Å². The number of carbonyl (C=O) groups excluding carboxylic acids is 2. The van der Waals surface area contributed by atoms with E-state index in [9.17, 15) is 9.59 Å². The number of esters is 1. The van der Waals surface area contributed by atoms with Crippen molar-refractivity contribution in [3.63, 3.8) is 0 Å². The fraction of sp³-hybridized carbons (Fsp3) is 0.118. The highest BCUT2D eigenvalue weighted by atomic mass is 32.2. The Labute approximate surface area is 142 Å². The summed E-state index contributed by atoms with van der Waals surface area (Å²) in [6.45, 7) is 1.98. The van der Waals surface area contributed by atoms with Gasteiger partial charge in [0.05, 0.1) is 23.3 Å². The van der Waals surface area contributed by atoms with Crippen LogP contribution in [0.4, 0.5) is 5.69 Å². The lowest BCUT2D eigenvalue weighted by molar-refractivity contribution is -0.115. The number of aliphatic imine (C=N–C) groups is 1. The summed E-state index contributed by atoms with van der Waals surface area (Å²) in [5.41, 5.74) is 2.15. The van der Waals surface area contributed by atoms with Crippen molar-refractivity contribution in [1.29, 1.82) is 0 Å². The lowest BCUT2D eigenvalue weighted by Crippen LogP contribution is -2.19. The minimum atomic E-state index is -0.492. The Morgan fingerprint density at radius 3 is 2.96 bits per heavy atom. The molecular weight excluding hydrogens is 328 g/mol. The van der Waals surface area contributed by atoms with E-state index in [2.05, 4.69) is 15.0 Å². The van der Waals surface area contributed by atoms with Crippen molar-refractivity contribution >= 4 is 40.6 Å². The van der Waals surface area contributed by atoms with E-state index in [0.717, 1.165) is 11.3 Å². The summed E-state index contributed by atoms with van der Waals surface area (Å²) < 4.78 is 9.87. The first kappa shape index (κ1) is 16.1. The van der Waals surface area contributed by atoms with Crippen molar-refractivity contribution < 1.29 is 18.7 Å². The van der Waals surface area contributed by atoms with Gasteiger partial charge in [0.15, 0.2) is 5.17 Å². The van der Waals surface area contributed by atoms with Gasteiger partial charge >= 0.3 is 5.97 Å². The Morgan fingerprint density at radius 1 is 1.38 bits per heavy atom. The molecule has 7 heteroatoms. The van der Waals surface area contributed by atoms with E-state index < -0.39 is 5.97 Å². The van der Waals surface area contributed by atoms with Crippen LogP contribution < -0.4 is 5.32 Å². The van der Waals surface area contributed by atoms with Crippen LogP contribution in [0.25, 0.3) is 6.08 Å². The third-order valence-electron chi connectivity index (χ3n) is 3.20. The molecule has 6 nitrogen and oxygen atoms in total. The lowest BCUT2D eigenvalue weighted by Gasteiger charge is -1.97. The normalized spacial score (nSPS) is 17.3. The average Bonchev–Trinajstić information content (AvgIpc) is 3.14. The van der Waals surface area contributed by atoms with Crippen LogP contribution in [0.1, 0.15) is 21.7 Å².